The zero-order chi connectivity index (χ0) is 29.8. The maximum atomic E-state index is 3.38. The summed E-state index contributed by atoms with van der Waals surface area (Å²) in [5.74, 6) is 7.16. The van der Waals surface area contributed by atoms with E-state index in [1.807, 2.05) is 0 Å². The van der Waals surface area contributed by atoms with Crippen molar-refractivity contribution >= 4 is 0 Å². The standard InChI is InChI=1S/C40H58/c1-31(19-13-21-33(3)25-27-37-35(5)23-15-29-39(37,7)8)17-11-12-18-32(2)20-14-22-34(4)26-28-38-36(6)24-16-30-40(38,9)10/h11-13,17-19,21,26,28,34H,15-16,22-25,27,29-30H2,1-10H3/b12-11+,19-13+,28-26+,31-17-,32-18+,33-21+. The van der Waals surface area contributed by atoms with E-state index in [9.17, 15) is 0 Å². The van der Waals surface area contributed by atoms with Crippen LogP contribution in [0.2, 0.25) is 0 Å². The van der Waals surface area contributed by atoms with E-state index in [2.05, 4.69) is 136 Å². The molecule has 1 atom stereocenters. The summed E-state index contributed by atoms with van der Waals surface area (Å²) in [6.07, 6.45) is 30.9. The lowest BCUT2D eigenvalue weighted by Gasteiger charge is -2.34. The van der Waals surface area contributed by atoms with Gasteiger partial charge in [-0.15, -0.1) is 0 Å². The van der Waals surface area contributed by atoms with Crippen LogP contribution in [-0.4, -0.2) is 0 Å². The highest BCUT2D eigenvalue weighted by atomic mass is 14.3. The molecule has 2 aliphatic carbocycles. The van der Waals surface area contributed by atoms with Gasteiger partial charge in [-0.1, -0.05) is 129 Å². The second kappa shape index (κ2) is 16.1. The van der Waals surface area contributed by atoms with Crippen LogP contribution < -0.4 is 0 Å². The van der Waals surface area contributed by atoms with Gasteiger partial charge < -0.3 is 0 Å². The predicted octanol–water partition coefficient (Wildman–Crippen LogP) is 12.4. The first-order valence-electron chi connectivity index (χ1n) is 15.7. The van der Waals surface area contributed by atoms with Crippen molar-refractivity contribution in [2.24, 2.45) is 16.7 Å². The number of allylic oxidation sites excluding steroid dienone is 16. The van der Waals surface area contributed by atoms with Crippen LogP contribution in [-0.2, 0) is 0 Å². The van der Waals surface area contributed by atoms with Crippen LogP contribution in [0.25, 0.3) is 0 Å². The Morgan fingerprint density at radius 1 is 0.850 bits per heavy atom. The molecule has 0 bridgehead atoms. The van der Waals surface area contributed by atoms with Crippen LogP contribution >= 0.6 is 0 Å². The van der Waals surface area contributed by atoms with Crippen LogP contribution in [0.5, 0.6) is 0 Å². The molecule has 1 unspecified atom stereocenters. The zero-order valence-electron chi connectivity index (χ0n) is 27.6. The Morgan fingerprint density at radius 2 is 1.50 bits per heavy atom. The first-order valence-corrected chi connectivity index (χ1v) is 15.7. The van der Waals surface area contributed by atoms with Gasteiger partial charge >= 0.3 is 0 Å². The van der Waals surface area contributed by atoms with Crippen LogP contribution in [0.1, 0.15) is 127 Å². The molecule has 0 N–H and O–H groups in total. The maximum absolute atomic E-state index is 3.38. The molecule has 40 heavy (non-hydrogen) atoms. The molecule has 0 spiro atoms. The molecule has 0 aromatic rings. The fourth-order valence-corrected chi connectivity index (χ4v) is 6.19. The van der Waals surface area contributed by atoms with Crippen molar-refractivity contribution in [1.29, 1.82) is 0 Å². The van der Waals surface area contributed by atoms with Gasteiger partial charge in [-0.25, -0.2) is 0 Å². The van der Waals surface area contributed by atoms with E-state index in [1.165, 1.54) is 61.7 Å². The SMILES string of the molecule is CC1=C(/C=C/C(C)CC#C/C(C)=C/C=C/C=C(C)\C=C\C=C(/C)CCC2=C(C)CCCC2(C)C)C(C)(C)CCC1. The molecular formula is C40H58. The molecule has 0 aromatic carbocycles. The fourth-order valence-electron chi connectivity index (χ4n) is 6.19. The number of rotatable bonds is 10. The molecule has 0 nitrogen and oxygen atoms in total. The van der Waals surface area contributed by atoms with Crippen molar-refractivity contribution in [2.75, 3.05) is 0 Å². The second-order valence-corrected chi connectivity index (χ2v) is 13.8. The van der Waals surface area contributed by atoms with E-state index < -0.39 is 0 Å². The summed E-state index contributed by atoms with van der Waals surface area (Å²) >= 11 is 0. The first kappa shape index (κ1) is 33.7. The van der Waals surface area contributed by atoms with Gasteiger partial charge in [0.05, 0.1) is 0 Å². The third-order valence-electron chi connectivity index (χ3n) is 8.85. The Labute approximate surface area is 248 Å². The summed E-state index contributed by atoms with van der Waals surface area (Å²) < 4.78 is 0. The van der Waals surface area contributed by atoms with Gasteiger partial charge in [-0.2, -0.15) is 0 Å². The molecule has 0 fully saturated rings. The average Bonchev–Trinajstić information content (AvgIpc) is 2.85. The molecule has 0 heterocycles. The van der Waals surface area contributed by atoms with Gasteiger partial charge in [0.1, 0.15) is 0 Å². The lowest BCUT2D eigenvalue weighted by atomic mass is 9.71. The van der Waals surface area contributed by atoms with E-state index in [4.69, 9.17) is 0 Å². The van der Waals surface area contributed by atoms with Crippen molar-refractivity contribution in [1.82, 2.24) is 0 Å². The highest BCUT2D eigenvalue weighted by Crippen LogP contribution is 2.43. The topological polar surface area (TPSA) is 0 Å². The highest BCUT2D eigenvalue weighted by molar-refractivity contribution is 5.34. The van der Waals surface area contributed by atoms with E-state index >= 15 is 0 Å². The van der Waals surface area contributed by atoms with Gasteiger partial charge in [0, 0.05) is 6.42 Å². The van der Waals surface area contributed by atoms with Crippen LogP contribution in [0, 0.1) is 28.6 Å². The van der Waals surface area contributed by atoms with E-state index in [-0.39, 0.29) is 0 Å². The van der Waals surface area contributed by atoms with Gasteiger partial charge in [-0.05, 0) is 114 Å². The van der Waals surface area contributed by atoms with Gasteiger partial charge in [-0.3, -0.25) is 0 Å². The molecule has 0 aliphatic heterocycles. The molecule has 0 amide bonds. The Hall–Kier alpha value is -2.52. The van der Waals surface area contributed by atoms with Crippen LogP contribution in [0.15, 0.2) is 93.7 Å². The Morgan fingerprint density at radius 3 is 2.17 bits per heavy atom. The summed E-state index contributed by atoms with van der Waals surface area (Å²) in [5, 5.41) is 0. The molecule has 0 saturated heterocycles. The quantitative estimate of drug-likeness (QED) is 0.147. The smallest absolute Gasteiger partial charge is 0.0153 e. The van der Waals surface area contributed by atoms with Gasteiger partial charge in [0.25, 0.3) is 0 Å². The van der Waals surface area contributed by atoms with Crippen molar-refractivity contribution < 1.29 is 0 Å². The minimum Gasteiger partial charge on any atom is -0.0976 e. The molecule has 0 radical (unpaired) electrons. The normalized spacial score (nSPS) is 21.5. The van der Waals surface area contributed by atoms with E-state index in [0.29, 0.717) is 16.7 Å². The molecule has 2 aliphatic rings. The lowest BCUT2D eigenvalue weighted by molar-refractivity contribution is 0.354. The minimum absolute atomic E-state index is 0.303. The monoisotopic (exact) mass is 538 g/mol. The number of hydrogen-bond acceptors (Lipinski definition) is 0. The van der Waals surface area contributed by atoms with E-state index in [0.717, 1.165) is 18.4 Å². The molecule has 2 rings (SSSR count). The predicted molar refractivity (Wildman–Crippen MR) is 180 cm³/mol. The van der Waals surface area contributed by atoms with Crippen molar-refractivity contribution in [3.63, 3.8) is 0 Å². The van der Waals surface area contributed by atoms with E-state index in [1.54, 1.807) is 16.7 Å². The molecular weight excluding hydrogens is 480 g/mol. The van der Waals surface area contributed by atoms with Gasteiger partial charge in [0.2, 0.25) is 0 Å². The summed E-state index contributed by atoms with van der Waals surface area (Å²) in [7, 11) is 0. The Bertz CT molecular complexity index is 1160. The summed E-state index contributed by atoms with van der Waals surface area (Å²) in [6, 6.07) is 0. The zero-order valence-corrected chi connectivity index (χ0v) is 27.6. The largest absolute Gasteiger partial charge is 0.0976 e. The van der Waals surface area contributed by atoms with Crippen molar-refractivity contribution in [3.8, 4) is 11.8 Å². The third-order valence-corrected chi connectivity index (χ3v) is 8.85. The summed E-state index contributed by atoms with van der Waals surface area (Å²) in [6.45, 7) is 23.0. The fraction of sp³-hybridized carbons (Fsp3) is 0.550. The minimum atomic E-state index is 0.303. The third kappa shape index (κ3) is 11.5. The second-order valence-electron chi connectivity index (χ2n) is 13.8. The molecule has 0 aromatic heterocycles. The molecule has 0 heteroatoms. The summed E-state index contributed by atoms with van der Waals surface area (Å²) in [4.78, 5) is 0. The maximum Gasteiger partial charge on any atom is 0.0153 e. The summed E-state index contributed by atoms with van der Waals surface area (Å²) in [5.41, 5.74) is 10.9. The van der Waals surface area contributed by atoms with Crippen LogP contribution in [0.3, 0.4) is 0 Å². The Balaban J connectivity index is 1.81. The number of hydrogen-bond donors (Lipinski definition) is 0. The Kier molecular flexibility index (Phi) is 13.5. The average molecular weight is 539 g/mol. The van der Waals surface area contributed by atoms with Crippen molar-refractivity contribution in [3.05, 3.63) is 93.7 Å². The van der Waals surface area contributed by atoms with Crippen LogP contribution in [0.4, 0.5) is 0 Å². The molecule has 0 saturated carbocycles. The van der Waals surface area contributed by atoms with Crippen molar-refractivity contribution in [2.45, 2.75) is 127 Å². The molecule has 218 valence electrons. The lowest BCUT2D eigenvalue weighted by Crippen LogP contribution is -2.20. The van der Waals surface area contributed by atoms with Gasteiger partial charge in [0.15, 0.2) is 0 Å². The highest BCUT2D eigenvalue weighted by Gasteiger charge is 2.28. The first-order chi connectivity index (χ1) is 18.8.